The van der Waals surface area contributed by atoms with E-state index in [1.165, 1.54) is 38.5 Å². The zero-order chi connectivity index (χ0) is 15.1. The fourth-order valence-corrected chi connectivity index (χ4v) is 3.37. The van der Waals surface area contributed by atoms with Crippen molar-refractivity contribution in [1.82, 2.24) is 10.3 Å². The van der Waals surface area contributed by atoms with E-state index >= 15 is 0 Å². The van der Waals surface area contributed by atoms with Crippen molar-refractivity contribution in [2.45, 2.75) is 64.1 Å². The van der Waals surface area contributed by atoms with Gasteiger partial charge >= 0.3 is 0 Å². The molecule has 0 aliphatic heterocycles. The summed E-state index contributed by atoms with van der Waals surface area (Å²) >= 11 is 1.61. The number of rotatable bonds is 5. The van der Waals surface area contributed by atoms with E-state index in [0.29, 0.717) is 18.5 Å². The first kappa shape index (κ1) is 16.2. The standard InChI is InChI=1S/C15H26N4OS/c1-11(20-2)14-18-13(10-21-14)9-17-15(16)19-12-7-5-3-4-6-8-12/h10-12H,3-9H2,1-2H3,(H3,16,17,19). The number of methoxy groups -OCH3 is 1. The predicted octanol–water partition coefficient (Wildman–Crippen LogP) is 2.98. The summed E-state index contributed by atoms with van der Waals surface area (Å²) in [7, 11) is 1.69. The van der Waals surface area contributed by atoms with E-state index in [4.69, 9.17) is 10.5 Å². The Bertz CT molecular complexity index is 452. The summed E-state index contributed by atoms with van der Waals surface area (Å²) < 4.78 is 5.26. The Morgan fingerprint density at radius 1 is 1.48 bits per heavy atom. The quantitative estimate of drug-likeness (QED) is 0.498. The highest BCUT2D eigenvalue weighted by Gasteiger charge is 2.12. The van der Waals surface area contributed by atoms with Crippen molar-refractivity contribution < 1.29 is 4.74 Å². The van der Waals surface area contributed by atoms with Crippen LogP contribution < -0.4 is 11.1 Å². The molecule has 21 heavy (non-hydrogen) atoms. The average Bonchev–Trinajstić information content (AvgIpc) is 2.82. The third kappa shape index (κ3) is 5.28. The zero-order valence-corrected chi connectivity index (χ0v) is 13.8. The highest BCUT2D eigenvalue weighted by atomic mass is 32.1. The first-order chi connectivity index (χ1) is 10.2. The summed E-state index contributed by atoms with van der Waals surface area (Å²) in [5, 5.41) is 6.35. The molecule has 1 atom stereocenters. The Hall–Kier alpha value is -1.14. The molecule has 0 radical (unpaired) electrons. The van der Waals surface area contributed by atoms with Gasteiger partial charge in [-0.3, -0.25) is 0 Å². The van der Waals surface area contributed by atoms with Crippen LogP contribution >= 0.6 is 11.3 Å². The molecular formula is C15H26N4OS. The smallest absolute Gasteiger partial charge is 0.189 e. The second-order valence-corrected chi connectivity index (χ2v) is 6.48. The van der Waals surface area contributed by atoms with Crippen molar-refractivity contribution in [1.29, 1.82) is 0 Å². The van der Waals surface area contributed by atoms with Crippen LogP contribution in [0.5, 0.6) is 0 Å². The van der Waals surface area contributed by atoms with Crippen molar-refractivity contribution in [2.75, 3.05) is 7.11 Å². The molecular weight excluding hydrogens is 284 g/mol. The number of thiazole rings is 1. The van der Waals surface area contributed by atoms with Gasteiger partial charge in [-0.25, -0.2) is 9.98 Å². The summed E-state index contributed by atoms with van der Waals surface area (Å²) in [6, 6.07) is 0.482. The maximum absolute atomic E-state index is 5.99. The summed E-state index contributed by atoms with van der Waals surface area (Å²) in [5.74, 6) is 0.538. The second kappa shape index (κ2) is 8.34. The molecule has 0 amide bonds. The van der Waals surface area contributed by atoms with Gasteiger partial charge in [0.05, 0.1) is 12.2 Å². The van der Waals surface area contributed by atoms with E-state index in [9.17, 15) is 0 Å². The molecule has 1 aromatic heterocycles. The third-order valence-corrected chi connectivity index (χ3v) is 4.94. The Morgan fingerprint density at radius 3 is 2.86 bits per heavy atom. The molecule has 6 heteroatoms. The van der Waals surface area contributed by atoms with Gasteiger partial charge in [-0.15, -0.1) is 11.3 Å². The lowest BCUT2D eigenvalue weighted by Gasteiger charge is -2.16. The Kier molecular flexibility index (Phi) is 6.45. The summed E-state index contributed by atoms with van der Waals surface area (Å²) in [5.41, 5.74) is 6.93. The summed E-state index contributed by atoms with van der Waals surface area (Å²) in [6.45, 7) is 2.52. The SMILES string of the molecule is COC(C)c1nc(CN=C(N)NC2CCCCCC2)cs1. The number of nitrogens with zero attached hydrogens (tertiary/aromatic N) is 2. The molecule has 1 heterocycles. The van der Waals surface area contributed by atoms with Crippen LogP contribution in [0.15, 0.2) is 10.4 Å². The van der Waals surface area contributed by atoms with Crippen LogP contribution in [0.3, 0.4) is 0 Å². The van der Waals surface area contributed by atoms with Crippen LogP contribution in [0.25, 0.3) is 0 Å². The molecule has 1 fully saturated rings. The minimum Gasteiger partial charge on any atom is -0.375 e. The predicted molar refractivity (Wildman–Crippen MR) is 87.5 cm³/mol. The molecule has 1 aliphatic carbocycles. The monoisotopic (exact) mass is 310 g/mol. The normalized spacial score (nSPS) is 19.2. The fourth-order valence-electron chi connectivity index (χ4n) is 2.53. The van der Waals surface area contributed by atoms with E-state index in [0.717, 1.165) is 10.7 Å². The molecule has 1 aromatic rings. The van der Waals surface area contributed by atoms with E-state index in [1.807, 2.05) is 12.3 Å². The van der Waals surface area contributed by atoms with Gasteiger partial charge in [0.15, 0.2) is 5.96 Å². The van der Waals surface area contributed by atoms with Crippen molar-refractivity contribution in [3.63, 3.8) is 0 Å². The molecule has 1 unspecified atom stereocenters. The lowest BCUT2D eigenvalue weighted by atomic mass is 10.1. The highest BCUT2D eigenvalue weighted by molar-refractivity contribution is 7.09. The molecule has 0 bridgehead atoms. The van der Waals surface area contributed by atoms with Gasteiger partial charge in [0.2, 0.25) is 0 Å². The van der Waals surface area contributed by atoms with Gasteiger partial charge in [-0.05, 0) is 19.8 Å². The number of nitrogens with two attached hydrogens (primary N) is 1. The van der Waals surface area contributed by atoms with Crippen LogP contribution in [0.4, 0.5) is 0 Å². The lowest BCUT2D eigenvalue weighted by Crippen LogP contribution is -2.39. The molecule has 118 valence electrons. The van der Waals surface area contributed by atoms with Crippen molar-refractivity contribution in [2.24, 2.45) is 10.7 Å². The second-order valence-electron chi connectivity index (χ2n) is 5.59. The van der Waals surface area contributed by atoms with Crippen molar-refractivity contribution in [3.8, 4) is 0 Å². The minimum atomic E-state index is 0.0363. The Balaban J connectivity index is 1.83. The lowest BCUT2D eigenvalue weighted by molar-refractivity contribution is 0.119. The first-order valence-corrected chi connectivity index (χ1v) is 8.60. The molecule has 0 saturated heterocycles. The van der Waals surface area contributed by atoms with Crippen molar-refractivity contribution in [3.05, 3.63) is 16.1 Å². The zero-order valence-electron chi connectivity index (χ0n) is 13.0. The van der Waals surface area contributed by atoms with Crippen LogP contribution in [-0.2, 0) is 11.3 Å². The number of nitrogens with one attached hydrogen (secondary N) is 1. The Morgan fingerprint density at radius 2 is 2.19 bits per heavy atom. The maximum atomic E-state index is 5.99. The number of hydrogen-bond donors (Lipinski definition) is 2. The van der Waals surface area contributed by atoms with E-state index in [1.54, 1.807) is 18.4 Å². The Labute approximate surface area is 131 Å². The van der Waals surface area contributed by atoms with Crippen LogP contribution in [0.2, 0.25) is 0 Å². The summed E-state index contributed by atoms with van der Waals surface area (Å²) in [4.78, 5) is 8.92. The van der Waals surface area contributed by atoms with Gasteiger partial charge in [-0.1, -0.05) is 25.7 Å². The number of ether oxygens (including phenoxy) is 1. The average molecular weight is 310 g/mol. The van der Waals surface area contributed by atoms with Gasteiger partial charge < -0.3 is 15.8 Å². The van der Waals surface area contributed by atoms with E-state index in [-0.39, 0.29) is 6.10 Å². The highest BCUT2D eigenvalue weighted by Crippen LogP contribution is 2.20. The largest absolute Gasteiger partial charge is 0.375 e. The van der Waals surface area contributed by atoms with Crippen LogP contribution in [0.1, 0.15) is 62.3 Å². The number of guanidine groups is 1. The van der Waals surface area contributed by atoms with Gasteiger partial charge in [0.1, 0.15) is 11.1 Å². The number of hydrogen-bond acceptors (Lipinski definition) is 4. The number of aromatic nitrogens is 1. The molecule has 0 spiro atoms. The molecule has 0 aromatic carbocycles. The first-order valence-electron chi connectivity index (χ1n) is 7.72. The molecule has 1 saturated carbocycles. The van der Waals surface area contributed by atoms with Gasteiger partial charge in [0.25, 0.3) is 0 Å². The minimum absolute atomic E-state index is 0.0363. The third-order valence-electron chi connectivity index (χ3n) is 3.89. The fraction of sp³-hybridized carbons (Fsp3) is 0.733. The molecule has 2 rings (SSSR count). The maximum Gasteiger partial charge on any atom is 0.189 e. The van der Waals surface area contributed by atoms with E-state index in [2.05, 4.69) is 15.3 Å². The molecule has 3 N–H and O–H groups in total. The molecule has 5 nitrogen and oxygen atoms in total. The molecule has 1 aliphatic rings. The van der Waals surface area contributed by atoms with Gasteiger partial charge in [0, 0.05) is 18.5 Å². The van der Waals surface area contributed by atoms with Gasteiger partial charge in [-0.2, -0.15) is 0 Å². The van der Waals surface area contributed by atoms with E-state index < -0.39 is 0 Å². The number of aliphatic imine (C=N–C) groups is 1. The topological polar surface area (TPSA) is 72.5 Å². The van der Waals surface area contributed by atoms with Crippen molar-refractivity contribution >= 4 is 17.3 Å². The van der Waals surface area contributed by atoms with Crippen LogP contribution in [-0.4, -0.2) is 24.1 Å². The van der Waals surface area contributed by atoms with Crippen LogP contribution in [0, 0.1) is 0 Å². The summed E-state index contributed by atoms with van der Waals surface area (Å²) in [6.07, 6.45) is 7.69.